The molecule has 2 rings (SSSR count). The molecule has 0 aromatic carbocycles. The van der Waals surface area contributed by atoms with Crippen molar-refractivity contribution in [2.75, 3.05) is 11.9 Å². The van der Waals surface area contributed by atoms with Crippen LogP contribution in [0.25, 0.3) is 0 Å². The van der Waals surface area contributed by atoms with Gasteiger partial charge in [0.15, 0.2) is 6.61 Å². The third-order valence-corrected chi connectivity index (χ3v) is 3.16. The van der Waals surface area contributed by atoms with E-state index in [0.29, 0.717) is 17.7 Å². The van der Waals surface area contributed by atoms with Gasteiger partial charge in [-0.25, -0.2) is 4.98 Å². The molecular weight excluding hydrogens is 311 g/mol. The van der Waals surface area contributed by atoms with Crippen LogP contribution in [0.2, 0.25) is 0 Å². The van der Waals surface area contributed by atoms with Crippen LogP contribution in [-0.2, 0) is 13.5 Å². The number of ether oxygens (including phenoxy) is 1. The van der Waals surface area contributed by atoms with Crippen LogP contribution in [0.5, 0.6) is 5.88 Å². The average Bonchev–Trinajstić information content (AvgIpc) is 2.86. The molecule has 0 fully saturated rings. The zero-order valence-electron chi connectivity index (χ0n) is 12.6. The van der Waals surface area contributed by atoms with Crippen molar-refractivity contribution in [3.8, 4) is 5.88 Å². The fraction of sp³-hybridized carbons (Fsp3) is 0.333. The third-order valence-electron chi connectivity index (χ3n) is 3.16. The Labute approximate surface area is 131 Å². The number of nitrogens with zero attached hydrogens (tertiary/aromatic N) is 2. The molecule has 0 saturated carbocycles. The van der Waals surface area contributed by atoms with Crippen LogP contribution in [0.15, 0.2) is 30.6 Å². The number of rotatable bonds is 5. The molecule has 0 unspecified atom stereocenters. The lowest BCUT2D eigenvalue weighted by molar-refractivity contribution is -0.154. The summed E-state index contributed by atoms with van der Waals surface area (Å²) in [5.41, 5.74) is 1.81. The van der Waals surface area contributed by atoms with Gasteiger partial charge >= 0.3 is 6.18 Å². The second kappa shape index (κ2) is 6.72. The minimum absolute atomic E-state index is 0.158. The number of alkyl halides is 3. The lowest BCUT2D eigenvalue weighted by Gasteiger charge is -2.09. The summed E-state index contributed by atoms with van der Waals surface area (Å²) in [4.78, 5) is 16.0. The van der Waals surface area contributed by atoms with Crippen LogP contribution in [-0.4, -0.2) is 28.2 Å². The van der Waals surface area contributed by atoms with Gasteiger partial charge in [0, 0.05) is 25.0 Å². The number of pyridine rings is 1. The van der Waals surface area contributed by atoms with Crippen LogP contribution in [0.4, 0.5) is 18.9 Å². The molecule has 23 heavy (non-hydrogen) atoms. The maximum Gasteiger partial charge on any atom is 0.422 e. The van der Waals surface area contributed by atoms with Gasteiger partial charge in [-0.1, -0.05) is 6.92 Å². The smallest absolute Gasteiger partial charge is 0.422 e. The van der Waals surface area contributed by atoms with Gasteiger partial charge in [-0.15, -0.1) is 0 Å². The van der Waals surface area contributed by atoms with Crippen molar-refractivity contribution in [1.82, 2.24) is 9.55 Å². The van der Waals surface area contributed by atoms with Crippen LogP contribution in [0.3, 0.4) is 0 Å². The Balaban J connectivity index is 2.01. The van der Waals surface area contributed by atoms with Gasteiger partial charge in [0.2, 0.25) is 5.88 Å². The molecule has 0 aliphatic heterocycles. The first kappa shape index (κ1) is 16.9. The molecule has 0 bridgehead atoms. The first-order valence-electron chi connectivity index (χ1n) is 6.91. The lowest BCUT2D eigenvalue weighted by atomic mass is 10.2. The van der Waals surface area contributed by atoms with Crippen molar-refractivity contribution in [3.63, 3.8) is 0 Å². The highest BCUT2D eigenvalue weighted by Gasteiger charge is 2.28. The predicted octanol–water partition coefficient (Wildman–Crippen LogP) is 3.18. The quantitative estimate of drug-likeness (QED) is 0.918. The monoisotopic (exact) mass is 327 g/mol. The highest BCUT2D eigenvalue weighted by molar-refractivity contribution is 6.05. The molecule has 2 heterocycles. The van der Waals surface area contributed by atoms with Crippen LogP contribution < -0.4 is 10.1 Å². The minimum Gasteiger partial charge on any atom is -0.468 e. The van der Waals surface area contributed by atoms with E-state index in [1.807, 2.05) is 18.5 Å². The molecule has 0 saturated heterocycles. The number of carbonyl (C=O) groups is 1. The van der Waals surface area contributed by atoms with E-state index in [4.69, 9.17) is 0 Å². The normalized spacial score (nSPS) is 11.3. The Morgan fingerprint density at radius 2 is 2.09 bits per heavy atom. The van der Waals surface area contributed by atoms with Gasteiger partial charge in [0.1, 0.15) is 0 Å². The van der Waals surface area contributed by atoms with E-state index < -0.39 is 12.8 Å². The summed E-state index contributed by atoms with van der Waals surface area (Å²) in [5, 5.41) is 2.65. The van der Waals surface area contributed by atoms with Crippen molar-refractivity contribution in [2.45, 2.75) is 19.5 Å². The molecular formula is C15H16F3N3O2. The maximum atomic E-state index is 12.2. The lowest BCUT2D eigenvalue weighted by Crippen LogP contribution is -2.19. The molecule has 0 aliphatic rings. The number of hydrogen-bond donors (Lipinski definition) is 1. The molecule has 1 N–H and O–H groups in total. The van der Waals surface area contributed by atoms with E-state index in [-0.39, 0.29) is 11.8 Å². The van der Waals surface area contributed by atoms with Crippen LogP contribution in [0, 0.1) is 0 Å². The highest BCUT2D eigenvalue weighted by atomic mass is 19.4. The summed E-state index contributed by atoms with van der Waals surface area (Å²) in [5.74, 6) is -0.456. The van der Waals surface area contributed by atoms with E-state index >= 15 is 0 Å². The highest BCUT2D eigenvalue weighted by Crippen LogP contribution is 2.19. The van der Waals surface area contributed by atoms with E-state index in [2.05, 4.69) is 15.0 Å². The number of aryl methyl sites for hydroxylation is 1. The predicted molar refractivity (Wildman–Crippen MR) is 78.5 cm³/mol. The Hall–Kier alpha value is -2.51. The summed E-state index contributed by atoms with van der Waals surface area (Å²) in [7, 11) is 1.85. The first-order chi connectivity index (χ1) is 10.8. The van der Waals surface area contributed by atoms with E-state index in [1.165, 1.54) is 18.3 Å². The first-order valence-corrected chi connectivity index (χ1v) is 6.91. The molecule has 0 atom stereocenters. The average molecular weight is 327 g/mol. The molecule has 5 nitrogen and oxygen atoms in total. The Bertz CT molecular complexity index is 678. The fourth-order valence-electron chi connectivity index (χ4n) is 2.10. The van der Waals surface area contributed by atoms with Crippen LogP contribution >= 0.6 is 0 Å². The maximum absolute atomic E-state index is 12.2. The SMILES string of the molecule is CCc1c(C(=O)Nc2ccc(OCC(F)(F)F)nc2)ccn1C. The zero-order chi connectivity index (χ0) is 17.0. The second-order valence-corrected chi connectivity index (χ2v) is 4.88. The topological polar surface area (TPSA) is 56.1 Å². The summed E-state index contributed by atoms with van der Waals surface area (Å²) < 4.78 is 42.5. The number of nitrogens with one attached hydrogen (secondary N) is 1. The number of anilines is 1. The van der Waals surface area contributed by atoms with E-state index in [1.54, 1.807) is 12.3 Å². The minimum atomic E-state index is -4.42. The standard InChI is InChI=1S/C15H16F3N3O2/c1-3-12-11(6-7-21(12)2)14(22)20-10-4-5-13(19-8-10)23-9-15(16,17)18/h4-8H,3,9H2,1-2H3,(H,20,22). The molecule has 124 valence electrons. The fourth-order valence-corrected chi connectivity index (χ4v) is 2.10. The van der Waals surface area contributed by atoms with Gasteiger partial charge in [0.05, 0.1) is 17.4 Å². The summed E-state index contributed by atoms with van der Waals surface area (Å²) >= 11 is 0. The molecule has 0 spiro atoms. The summed E-state index contributed by atoms with van der Waals surface area (Å²) in [6.07, 6.45) is -0.675. The van der Waals surface area contributed by atoms with E-state index in [0.717, 1.165) is 5.69 Å². The Morgan fingerprint density at radius 1 is 1.35 bits per heavy atom. The second-order valence-electron chi connectivity index (χ2n) is 4.88. The van der Waals surface area contributed by atoms with Gasteiger partial charge in [-0.2, -0.15) is 13.2 Å². The summed E-state index contributed by atoms with van der Waals surface area (Å²) in [6.45, 7) is 0.538. The van der Waals surface area contributed by atoms with Crippen molar-refractivity contribution in [2.24, 2.45) is 7.05 Å². The number of halogens is 3. The molecule has 0 aliphatic carbocycles. The molecule has 8 heteroatoms. The molecule has 0 radical (unpaired) electrons. The van der Waals surface area contributed by atoms with Gasteiger partial charge in [0.25, 0.3) is 5.91 Å². The Morgan fingerprint density at radius 3 is 2.65 bits per heavy atom. The largest absolute Gasteiger partial charge is 0.468 e. The molecule has 1 amide bonds. The number of carbonyl (C=O) groups excluding carboxylic acids is 1. The van der Waals surface area contributed by atoms with Gasteiger partial charge in [-0.3, -0.25) is 4.79 Å². The number of hydrogen-bond acceptors (Lipinski definition) is 3. The van der Waals surface area contributed by atoms with Crippen molar-refractivity contribution in [1.29, 1.82) is 0 Å². The van der Waals surface area contributed by atoms with Crippen molar-refractivity contribution < 1.29 is 22.7 Å². The summed E-state index contributed by atoms with van der Waals surface area (Å²) in [6, 6.07) is 4.42. The third kappa shape index (κ3) is 4.48. The molecule has 2 aromatic rings. The number of amides is 1. The Kier molecular flexibility index (Phi) is 4.92. The molecule has 2 aromatic heterocycles. The van der Waals surface area contributed by atoms with Crippen molar-refractivity contribution >= 4 is 11.6 Å². The van der Waals surface area contributed by atoms with Crippen molar-refractivity contribution in [3.05, 3.63) is 41.9 Å². The number of aromatic nitrogens is 2. The van der Waals surface area contributed by atoms with Gasteiger partial charge in [-0.05, 0) is 18.6 Å². The van der Waals surface area contributed by atoms with Crippen LogP contribution in [0.1, 0.15) is 23.0 Å². The van der Waals surface area contributed by atoms with Gasteiger partial charge < -0.3 is 14.6 Å². The van der Waals surface area contributed by atoms with E-state index in [9.17, 15) is 18.0 Å². The zero-order valence-corrected chi connectivity index (χ0v) is 12.6.